The molecule has 2 unspecified atom stereocenters. The number of anilines is 2. The summed E-state index contributed by atoms with van der Waals surface area (Å²) < 4.78 is 1.03. The summed E-state index contributed by atoms with van der Waals surface area (Å²) in [4.78, 5) is 2.54. The van der Waals surface area contributed by atoms with Crippen LogP contribution in [0.2, 0.25) is 5.02 Å². The van der Waals surface area contributed by atoms with Gasteiger partial charge in [-0.2, -0.15) is 0 Å². The summed E-state index contributed by atoms with van der Waals surface area (Å²) in [7, 11) is 0. The van der Waals surface area contributed by atoms with Gasteiger partial charge < -0.3 is 4.90 Å². The maximum Gasteiger partial charge on any atom is 0.0517 e. The van der Waals surface area contributed by atoms with Gasteiger partial charge in [0.2, 0.25) is 0 Å². The molecule has 0 spiro atoms. The Labute approximate surface area is 151 Å². The zero-order chi connectivity index (χ0) is 16.2. The molecule has 0 bridgehead atoms. The first kappa shape index (κ1) is 15.5. The lowest BCUT2D eigenvalue weighted by molar-refractivity contribution is 0.195. The van der Waals surface area contributed by atoms with Crippen molar-refractivity contribution in [1.29, 1.82) is 0 Å². The van der Waals surface area contributed by atoms with Crippen molar-refractivity contribution in [3.05, 3.63) is 57.5 Å². The minimum atomic E-state index is 0.0963. The normalized spacial score (nSPS) is 29.3. The largest absolute Gasteiger partial charge is 0.334 e. The van der Waals surface area contributed by atoms with Gasteiger partial charge in [-0.15, -0.1) is 0 Å². The first-order valence-electron chi connectivity index (χ1n) is 8.32. The van der Waals surface area contributed by atoms with Gasteiger partial charge in [-0.1, -0.05) is 65.5 Å². The van der Waals surface area contributed by atoms with Crippen molar-refractivity contribution in [3.63, 3.8) is 0 Å². The van der Waals surface area contributed by atoms with Crippen LogP contribution in [0.4, 0.5) is 11.4 Å². The lowest BCUT2D eigenvalue weighted by Crippen LogP contribution is -2.54. The van der Waals surface area contributed by atoms with E-state index in [0.29, 0.717) is 0 Å². The van der Waals surface area contributed by atoms with E-state index in [1.54, 1.807) is 0 Å². The van der Waals surface area contributed by atoms with Crippen molar-refractivity contribution >= 4 is 38.9 Å². The molecule has 1 nitrogen and oxygen atoms in total. The standard InChI is InChI=1S/C20H21BrClN/c1-19-9-5-6-10-20(19,2)23(18-8-4-3-7-17(18)19)16-12-14(21)11-15(22)13-16/h3-4,7-8,11-13H,5-6,9-10H2,1-2H3. The van der Waals surface area contributed by atoms with E-state index in [0.717, 1.165) is 9.50 Å². The number of hydrogen-bond acceptors (Lipinski definition) is 1. The van der Waals surface area contributed by atoms with Crippen molar-refractivity contribution in [2.75, 3.05) is 4.90 Å². The van der Waals surface area contributed by atoms with E-state index in [1.165, 1.54) is 42.6 Å². The second-order valence-corrected chi connectivity index (χ2v) is 8.65. The van der Waals surface area contributed by atoms with E-state index in [1.807, 2.05) is 6.07 Å². The van der Waals surface area contributed by atoms with Crippen LogP contribution in [0.15, 0.2) is 46.9 Å². The van der Waals surface area contributed by atoms with Crippen LogP contribution in [0.25, 0.3) is 0 Å². The molecule has 1 heterocycles. The summed E-state index contributed by atoms with van der Waals surface area (Å²) in [6.07, 6.45) is 5.06. The van der Waals surface area contributed by atoms with Gasteiger partial charge in [-0.3, -0.25) is 0 Å². The lowest BCUT2D eigenvalue weighted by Gasteiger charge is -2.50. The monoisotopic (exact) mass is 389 g/mol. The van der Waals surface area contributed by atoms with Crippen LogP contribution in [0, 0.1) is 0 Å². The third-order valence-corrected chi connectivity index (χ3v) is 6.79. The summed E-state index contributed by atoms with van der Waals surface area (Å²) in [5.41, 5.74) is 4.30. The highest BCUT2D eigenvalue weighted by Crippen LogP contribution is 2.60. The second-order valence-electron chi connectivity index (χ2n) is 7.29. The van der Waals surface area contributed by atoms with Crippen molar-refractivity contribution in [2.45, 2.75) is 50.5 Å². The predicted molar refractivity (Wildman–Crippen MR) is 102 cm³/mol. The molecular formula is C20H21BrClN. The van der Waals surface area contributed by atoms with Gasteiger partial charge in [0.15, 0.2) is 0 Å². The maximum absolute atomic E-state index is 6.35. The lowest BCUT2D eigenvalue weighted by atomic mass is 9.61. The second kappa shape index (κ2) is 5.26. The molecule has 120 valence electrons. The van der Waals surface area contributed by atoms with Gasteiger partial charge in [-0.25, -0.2) is 0 Å². The smallest absolute Gasteiger partial charge is 0.0517 e. The molecule has 0 saturated heterocycles. The molecule has 2 atom stereocenters. The molecule has 0 amide bonds. The molecule has 1 aliphatic heterocycles. The molecule has 2 aliphatic rings. The minimum Gasteiger partial charge on any atom is -0.334 e. The highest BCUT2D eigenvalue weighted by molar-refractivity contribution is 9.10. The number of fused-ring (bicyclic) bond motifs is 3. The van der Waals surface area contributed by atoms with Crippen LogP contribution >= 0.6 is 27.5 Å². The Balaban J connectivity index is 1.98. The molecule has 3 heteroatoms. The Kier molecular flexibility index (Phi) is 3.55. The molecule has 0 N–H and O–H groups in total. The quantitative estimate of drug-likeness (QED) is 0.515. The Hall–Kier alpha value is -0.990. The van der Waals surface area contributed by atoms with E-state index < -0.39 is 0 Å². The molecule has 4 rings (SSSR count). The average Bonchev–Trinajstić information content (AvgIpc) is 2.71. The highest BCUT2D eigenvalue weighted by atomic mass is 79.9. The fraction of sp³-hybridized carbons (Fsp3) is 0.400. The fourth-order valence-corrected chi connectivity index (χ4v) is 5.61. The molecule has 1 fully saturated rings. The first-order valence-corrected chi connectivity index (χ1v) is 9.49. The summed E-state index contributed by atoms with van der Waals surface area (Å²) in [5.74, 6) is 0. The highest BCUT2D eigenvalue weighted by Gasteiger charge is 2.57. The topological polar surface area (TPSA) is 3.24 Å². The Morgan fingerprint density at radius 1 is 1.04 bits per heavy atom. The third kappa shape index (κ3) is 2.11. The Bertz CT molecular complexity index is 754. The molecule has 2 aromatic rings. The summed E-state index contributed by atoms with van der Waals surface area (Å²) in [5, 5.41) is 0.778. The zero-order valence-corrected chi connectivity index (χ0v) is 15.9. The summed E-state index contributed by atoms with van der Waals surface area (Å²) in [6, 6.07) is 15.1. The average molecular weight is 391 g/mol. The van der Waals surface area contributed by atoms with E-state index in [2.05, 4.69) is 71.1 Å². The van der Waals surface area contributed by atoms with Gasteiger partial charge in [0.25, 0.3) is 0 Å². The van der Waals surface area contributed by atoms with E-state index >= 15 is 0 Å². The molecule has 2 aromatic carbocycles. The molecule has 0 aromatic heterocycles. The Morgan fingerprint density at radius 2 is 1.78 bits per heavy atom. The van der Waals surface area contributed by atoms with Gasteiger partial charge in [-0.05, 0) is 49.6 Å². The molecule has 23 heavy (non-hydrogen) atoms. The number of para-hydroxylation sites is 1. The van der Waals surface area contributed by atoms with Crippen LogP contribution in [-0.4, -0.2) is 5.54 Å². The number of benzene rings is 2. The molecular weight excluding hydrogens is 370 g/mol. The predicted octanol–water partition coefficient (Wildman–Crippen LogP) is 6.84. The van der Waals surface area contributed by atoms with E-state index in [-0.39, 0.29) is 11.0 Å². The van der Waals surface area contributed by atoms with Gasteiger partial charge in [0.1, 0.15) is 0 Å². The SMILES string of the molecule is CC12CCCCC1(C)N(c1cc(Cl)cc(Br)c1)c1ccccc12. The number of hydrogen-bond donors (Lipinski definition) is 0. The number of halogens is 2. The number of nitrogens with zero attached hydrogens (tertiary/aromatic N) is 1. The van der Waals surface area contributed by atoms with E-state index in [4.69, 9.17) is 11.6 Å². The molecule has 1 saturated carbocycles. The zero-order valence-electron chi connectivity index (χ0n) is 13.6. The molecule has 0 radical (unpaired) electrons. The summed E-state index contributed by atoms with van der Waals surface area (Å²) >= 11 is 9.96. The summed E-state index contributed by atoms with van der Waals surface area (Å²) in [6.45, 7) is 4.88. The fourth-order valence-electron chi connectivity index (χ4n) is 4.77. The number of rotatable bonds is 1. The van der Waals surface area contributed by atoms with Gasteiger partial charge in [0.05, 0.1) is 5.54 Å². The third-order valence-electron chi connectivity index (χ3n) is 6.12. The molecule has 1 aliphatic carbocycles. The van der Waals surface area contributed by atoms with Crippen LogP contribution < -0.4 is 4.90 Å². The minimum absolute atomic E-state index is 0.0963. The first-order chi connectivity index (χ1) is 11.0. The van der Waals surface area contributed by atoms with Crippen LogP contribution in [0.5, 0.6) is 0 Å². The van der Waals surface area contributed by atoms with Crippen molar-refractivity contribution < 1.29 is 0 Å². The van der Waals surface area contributed by atoms with Crippen LogP contribution in [-0.2, 0) is 5.41 Å². The maximum atomic E-state index is 6.35. The van der Waals surface area contributed by atoms with Crippen molar-refractivity contribution in [1.82, 2.24) is 0 Å². The van der Waals surface area contributed by atoms with Crippen molar-refractivity contribution in [3.8, 4) is 0 Å². The van der Waals surface area contributed by atoms with E-state index in [9.17, 15) is 0 Å². The van der Waals surface area contributed by atoms with Crippen LogP contribution in [0.3, 0.4) is 0 Å². The van der Waals surface area contributed by atoms with Gasteiger partial charge in [0, 0.05) is 26.3 Å². The van der Waals surface area contributed by atoms with Crippen molar-refractivity contribution in [2.24, 2.45) is 0 Å². The van der Waals surface area contributed by atoms with Gasteiger partial charge >= 0.3 is 0 Å². The Morgan fingerprint density at radius 3 is 2.57 bits per heavy atom. The van der Waals surface area contributed by atoms with Crippen LogP contribution in [0.1, 0.15) is 45.1 Å².